The van der Waals surface area contributed by atoms with Crippen molar-refractivity contribution in [2.24, 2.45) is 0 Å². The van der Waals surface area contributed by atoms with E-state index in [1.54, 1.807) is 12.4 Å². The van der Waals surface area contributed by atoms with E-state index in [0.717, 1.165) is 43.5 Å². The Morgan fingerprint density at radius 1 is 1.00 bits per heavy atom. The highest BCUT2D eigenvalue weighted by atomic mass is 19.1. The molecule has 21 heavy (non-hydrogen) atoms. The van der Waals surface area contributed by atoms with Crippen LogP contribution in [0, 0.1) is 5.82 Å². The van der Waals surface area contributed by atoms with E-state index >= 15 is 0 Å². The van der Waals surface area contributed by atoms with Crippen LogP contribution in [-0.4, -0.2) is 43.2 Å². The molecule has 1 N–H and O–H groups in total. The molecule has 0 atom stereocenters. The van der Waals surface area contributed by atoms with Crippen molar-refractivity contribution in [3.63, 3.8) is 0 Å². The van der Waals surface area contributed by atoms with Gasteiger partial charge in [0.15, 0.2) is 0 Å². The predicted octanol–water partition coefficient (Wildman–Crippen LogP) is 1.98. The molecular weight excluding hydrogens is 269 g/mol. The minimum atomic E-state index is -0.198. The number of piperazine rings is 1. The zero-order chi connectivity index (χ0) is 14.7. The second-order valence-corrected chi connectivity index (χ2v) is 4.96. The van der Waals surface area contributed by atoms with E-state index in [1.165, 1.54) is 12.1 Å². The fourth-order valence-electron chi connectivity index (χ4n) is 2.47. The van der Waals surface area contributed by atoms with Crippen molar-refractivity contribution >= 4 is 17.3 Å². The molecule has 110 valence electrons. The van der Waals surface area contributed by atoms with Crippen molar-refractivity contribution in [3.8, 4) is 0 Å². The molecule has 0 unspecified atom stereocenters. The summed E-state index contributed by atoms with van der Waals surface area (Å²) in [5.41, 5.74) is 1.06. The molecule has 1 aliphatic heterocycles. The summed E-state index contributed by atoms with van der Waals surface area (Å²) in [7, 11) is 1.83. The van der Waals surface area contributed by atoms with E-state index in [2.05, 4.69) is 25.1 Å². The first-order chi connectivity index (χ1) is 10.3. The SMILES string of the molecule is CNc1cncc(N2CCN(c3ccc(F)cc3)CC2)n1. The first-order valence-corrected chi connectivity index (χ1v) is 7.01. The van der Waals surface area contributed by atoms with Crippen LogP contribution in [0.15, 0.2) is 36.7 Å². The van der Waals surface area contributed by atoms with Gasteiger partial charge in [0.2, 0.25) is 0 Å². The minimum Gasteiger partial charge on any atom is -0.372 e. The number of anilines is 3. The normalized spacial score (nSPS) is 15.1. The first-order valence-electron chi connectivity index (χ1n) is 7.01. The Balaban J connectivity index is 1.65. The van der Waals surface area contributed by atoms with Gasteiger partial charge in [-0.25, -0.2) is 9.37 Å². The van der Waals surface area contributed by atoms with Crippen molar-refractivity contribution in [1.29, 1.82) is 0 Å². The molecule has 2 aromatic rings. The van der Waals surface area contributed by atoms with Gasteiger partial charge in [-0.05, 0) is 24.3 Å². The maximum atomic E-state index is 13.0. The third kappa shape index (κ3) is 3.04. The summed E-state index contributed by atoms with van der Waals surface area (Å²) in [5.74, 6) is 1.46. The Morgan fingerprint density at radius 2 is 1.67 bits per heavy atom. The van der Waals surface area contributed by atoms with Gasteiger partial charge in [-0.2, -0.15) is 0 Å². The second kappa shape index (κ2) is 5.95. The van der Waals surface area contributed by atoms with Crippen LogP contribution in [-0.2, 0) is 0 Å². The number of hydrogen-bond donors (Lipinski definition) is 1. The van der Waals surface area contributed by atoms with Crippen molar-refractivity contribution in [1.82, 2.24) is 9.97 Å². The summed E-state index contributed by atoms with van der Waals surface area (Å²) >= 11 is 0. The second-order valence-electron chi connectivity index (χ2n) is 4.96. The molecule has 0 amide bonds. The average Bonchev–Trinajstić information content (AvgIpc) is 2.56. The molecule has 0 aliphatic carbocycles. The van der Waals surface area contributed by atoms with Gasteiger partial charge >= 0.3 is 0 Å². The number of nitrogens with one attached hydrogen (secondary N) is 1. The summed E-state index contributed by atoms with van der Waals surface area (Å²) in [6.07, 6.45) is 3.49. The number of rotatable bonds is 3. The summed E-state index contributed by atoms with van der Waals surface area (Å²) in [5, 5.41) is 3.00. The average molecular weight is 287 g/mol. The Hall–Kier alpha value is -2.37. The summed E-state index contributed by atoms with van der Waals surface area (Å²) < 4.78 is 13.0. The standard InChI is InChI=1S/C15H18FN5/c1-17-14-10-18-11-15(19-14)21-8-6-20(7-9-21)13-4-2-12(16)3-5-13/h2-5,10-11H,6-9H2,1H3,(H,17,19). The quantitative estimate of drug-likeness (QED) is 0.935. The molecule has 3 rings (SSSR count). The maximum absolute atomic E-state index is 13.0. The van der Waals surface area contributed by atoms with Crippen LogP contribution in [0.5, 0.6) is 0 Å². The van der Waals surface area contributed by atoms with E-state index < -0.39 is 0 Å². The van der Waals surface area contributed by atoms with Crippen LogP contribution in [0.1, 0.15) is 0 Å². The molecule has 1 aliphatic rings. The van der Waals surface area contributed by atoms with Gasteiger partial charge < -0.3 is 15.1 Å². The molecule has 0 saturated carbocycles. The highest BCUT2D eigenvalue weighted by Gasteiger charge is 2.18. The van der Waals surface area contributed by atoms with Crippen molar-refractivity contribution in [2.75, 3.05) is 48.3 Å². The molecule has 1 aromatic carbocycles. The molecule has 2 heterocycles. The van der Waals surface area contributed by atoms with E-state index in [1.807, 2.05) is 19.2 Å². The predicted molar refractivity (Wildman–Crippen MR) is 82.4 cm³/mol. The van der Waals surface area contributed by atoms with Gasteiger partial charge in [0, 0.05) is 38.9 Å². The molecule has 0 radical (unpaired) electrons. The third-order valence-corrected chi connectivity index (χ3v) is 3.67. The third-order valence-electron chi connectivity index (χ3n) is 3.67. The fraction of sp³-hybridized carbons (Fsp3) is 0.333. The highest BCUT2D eigenvalue weighted by Crippen LogP contribution is 2.19. The van der Waals surface area contributed by atoms with E-state index in [-0.39, 0.29) is 5.82 Å². The van der Waals surface area contributed by atoms with Gasteiger partial charge in [0.1, 0.15) is 17.5 Å². The molecule has 0 bridgehead atoms. The van der Waals surface area contributed by atoms with Gasteiger partial charge in [-0.15, -0.1) is 0 Å². The van der Waals surface area contributed by atoms with Crippen LogP contribution < -0.4 is 15.1 Å². The highest BCUT2D eigenvalue weighted by molar-refractivity contribution is 5.50. The van der Waals surface area contributed by atoms with Crippen LogP contribution in [0.4, 0.5) is 21.7 Å². The number of hydrogen-bond acceptors (Lipinski definition) is 5. The lowest BCUT2D eigenvalue weighted by Gasteiger charge is -2.36. The van der Waals surface area contributed by atoms with Gasteiger partial charge in [0.25, 0.3) is 0 Å². The lowest BCUT2D eigenvalue weighted by molar-refractivity contribution is 0.624. The summed E-state index contributed by atoms with van der Waals surface area (Å²) in [6.45, 7) is 3.52. The van der Waals surface area contributed by atoms with Gasteiger partial charge in [-0.1, -0.05) is 0 Å². The summed E-state index contributed by atoms with van der Waals surface area (Å²) in [4.78, 5) is 13.2. The van der Waals surface area contributed by atoms with E-state index in [9.17, 15) is 4.39 Å². The molecule has 1 aromatic heterocycles. The molecule has 5 nitrogen and oxygen atoms in total. The van der Waals surface area contributed by atoms with Crippen LogP contribution in [0.3, 0.4) is 0 Å². The fourth-order valence-corrected chi connectivity index (χ4v) is 2.47. The van der Waals surface area contributed by atoms with Crippen molar-refractivity contribution in [3.05, 3.63) is 42.5 Å². The zero-order valence-corrected chi connectivity index (χ0v) is 12.0. The number of benzene rings is 1. The van der Waals surface area contributed by atoms with E-state index in [4.69, 9.17) is 0 Å². The first kappa shape index (κ1) is 13.6. The minimum absolute atomic E-state index is 0.198. The van der Waals surface area contributed by atoms with E-state index in [0.29, 0.717) is 0 Å². The molecule has 1 saturated heterocycles. The Kier molecular flexibility index (Phi) is 3.85. The maximum Gasteiger partial charge on any atom is 0.149 e. The molecular formula is C15H18FN5. The van der Waals surface area contributed by atoms with Gasteiger partial charge in [0.05, 0.1) is 12.4 Å². The Morgan fingerprint density at radius 3 is 2.33 bits per heavy atom. The largest absolute Gasteiger partial charge is 0.372 e. The van der Waals surface area contributed by atoms with Crippen LogP contribution >= 0.6 is 0 Å². The smallest absolute Gasteiger partial charge is 0.149 e. The number of aromatic nitrogens is 2. The van der Waals surface area contributed by atoms with Crippen molar-refractivity contribution in [2.45, 2.75) is 0 Å². The van der Waals surface area contributed by atoms with Gasteiger partial charge in [-0.3, -0.25) is 4.98 Å². The molecule has 6 heteroatoms. The Bertz CT molecular complexity index is 593. The van der Waals surface area contributed by atoms with Crippen LogP contribution in [0.2, 0.25) is 0 Å². The van der Waals surface area contributed by atoms with Crippen molar-refractivity contribution < 1.29 is 4.39 Å². The number of nitrogens with zero attached hydrogens (tertiary/aromatic N) is 4. The lowest BCUT2D eigenvalue weighted by atomic mass is 10.2. The lowest BCUT2D eigenvalue weighted by Crippen LogP contribution is -2.46. The molecule has 0 spiro atoms. The van der Waals surface area contributed by atoms with Crippen LogP contribution in [0.25, 0.3) is 0 Å². The topological polar surface area (TPSA) is 44.3 Å². The molecule has 1 fully saturated rings. The monoisotopic (exact) mass is 287 g/mol. The Labute approximate surface area is 123 Å². The summed E-state index contributed by atoms with van der Waals surface area (Å²) in [6, 6.07) is 6.66. The zero-order valence-electron chi connectivity index (χ0n) is 12.0. The number of halogens is 1.